The summed E-state index contributed by atoms with van der Waals surface area (Å²) in [5, 5.41) is 12.2. The number of fused-ring (bicyclic) bond motifs is 3. The maximum absolute atomic E-state index is 15.8. The molecule has 1 aliphatic carbocycles. The third-order valence-corrected chi connectivity index (χ3v) is 9.17. The van der Waals surface area contributed by atoms with Gasteiger partial charge >= 0.3 is 0 Å². The molecule has 40 heavy (non-hydrogen) atoms. The molecule has 2 atom stereocenters. The van der Waals surface area contributed by atoms with Gasteiger partial charge in [-0.25, -0.2) is 9.37 Å². The fourth-order valence-corrected chi connectivity index (χ4v) is 6.88. The monoisotopic (exact) mass is 538 g/mol. The highest BCUT2D eigenvalue weighted by Crippen LogP contribution is 2.48. The number of aliphatic hydroxyl groups is 1. The second-order valence-electron chi connectivity index (χ2n) is 11.8. The van der Waals surface area contributed by atoms with Gasteiger partial charge in [0.25, 0.3) is 0 Å². The number of hydrogen-bond acceptors (Lipinski definition) is 4. The third kappa shape index (κ3) is 4.06. The average molecular weight is 539 g/mol. The zero-order chi connectivity index (χ0) is 27.6. The van der Waals surface area contributed by atoms with Gasteiger partial charge < -0.3 is 19.0 Å². The highest BCUT2D eigenvalue weighted by atomic mass is 19.1. The molecule has 4 heterocycles. The number of benzene rings is 2. The highest BCUT2D eigenvalue weighted by molar-refractivity contribution is 6.07. The molecule has 1 unspecified atom stereocenters. The van der Waals surface area contributed by atoms with E-state index >= 15 is 4.39 Å². The molecule has 0 bridgehead atoms. The molecule has 0 radical (unpaired) electrons. The number of imidazole rings is 1. The molecule has 5 aromatic rings. The predicted molar refractivity (Wildman–Crippen MR) is 155 cm³/mol. The molecule has 1 aliphatic heterocycles. The van der Waals surface area contributed by atoms with Gasteiger partial charge in [-0.2, -0.15) is 0 Å². The number of rotatable bonds is 6. The molecule has 2 aliphatic rings. The van der Waals surface area contributed by atoms with E-state index in [0.29, 0.717) is 11.5 Å². The molecule has 6 nitrogen and oxygen atoms in total. The fraction of sp³-hybridized carbons (Fsp3) is 0.394. The standard InChI is InChI=1S/C33H35FN4O2/c1-20-31(37(3)19-36-20)23-15-29-30(35-18-23)25-16-27(34)26(33(2,39)24-9-10-24)17-28(25)38(29)32(21-7-5-4-6-8-21)22-11-13-40-14-12-22/h4-8,15-19,22,24,32,39H,9-14H2,1-3H3/t32-,33?/m1/s1. The summed E-state index contributed by atoms with van der Waals surface area (Å²) in [5.74, 6) is 0.0314. The normalized spacial score (nSPS) is 18.8. The van der Waals surface area contributed by atoms with Crippen LogP contribution < -0.4 is 0 Å². The van der Waals surface area contributed by atoms with Crippen molar-refractivity contribution in [1.82, 2.24) is 19.1 Å². The van der Waals surface area contributed by atoms with Crippen molar-refractivity contribution in [3.63, 3.8) is 0 Å². The minimum atomic E-state index is -1.22. The van der Waals surface area contributed by atoms with Crippen molar-refractivity contribution in [3.8, 4) is 11.3 Å². The van der Waals surface area contributed by atoms with Crippen LogP contribution in [0.25, 0.3) is 33.2 Å². The van der Waals surface area contributed by atoms with Crippen LogP contribution in [0.15, 0.2) is 61.1 Å². The molecule has 2 fully saturated rings. The minimum Gasteiger partial charge on any atom is -0.385 e. The number of nitrogens with zero attached hydrogens (tertiary/aromatic N) is 4. The van der Waals surface area contributed by atoms with E-state index in [1.165, 1.54) is 5.56 Å². The summed E-state index contributed by atoms with van der Waals surface area (Å²) >= 11 is 0. The Morgan fingerprint density at radius 3 is 2.45 bits per heavy atom. The lowest BCUT2D eigenvalue weighted by Gasteiger charge is -2.33. The van der Waals surface area contributed by atoms with E-state index in [9.17, 15) is 5.11 Å². The first-order valence-electron chi connectivity index (χ1n) is 14.3. The van der Waals surface area contributed by atoms with E-state index in [2.05, 4.69) is 39.9 Å². The van der Waals surface area contributed by atoms with Gasteiger partial charge in [-0.05, 0) is 75.1 Å². The summed E-state index contributed by atoms with van der Waals surface area (Å²) in [4.78, 5) is 9.46. The van der Waals surface area contributed by atoms with Crippen molar-refractivity contribution < 1.29 is 14.2 Å². The van der Waals surface area contributed by atoms with Gasteiger partial charge in [0.2, 0.25) is 0 Å². The quantitative estimate of drug-likeness (QED) is 0.262. The summed E-state index contributed by atoms with van der Waals surface area (Å²) in [7, 11) is 1.99. The van der Waals surface area contributed by atoms with Crippen LogP contribution in [0.5, 0.6) is 0 Å². The average Bonchev–Trinajstić information content (AvgIpc) is 3.72. The third-order valence-electron chi connectivity index (χ3n) is 9.17. The molecule has 1 N–H and O–H groups in total. The van der Waals surface area contributed by atoms with Gasteiger partial charge in [-0.15, -0.1) is 0 Å². The van der Waals surface area contributed by atoms with Crippen molar-refractivity contribution in [2.45, 2.75) is 51.2 Å². The zero-order valence-electron chi connectivity index (χ0n) is 23.3. The van der Waals surface area contributed by atoms with Crippen LogP contribution in [-0.2, 0) is 17.4 Å². The molecule has 7 heteroatoms. The summed E-state index contributed by atoms with van der Waals surface area (Å²) in [5.41, 5.74) is 5.89. The lowest BCUT2D eigenvalue weighted by Crippen LogP contribution is -2.27. The van der Waals surface area contributed by atoms with E-state index in [4.69, 9.17) is 9.72 Å². The summed E-state index contributed by atoms with van der Waals surface area (Å²) < 4.78 is 26.0. The SMILES string of the molecule is Cc1ncn(C)c1-c1cnc2c3cc(F)c(C(C)(O)C4CC4)cc3n([C@H](c3ccccc3)C3CCOCC3)c2c1. The summed E-state index contributed by atoms with van der Waals surface area (Å²) in [6.45, 7) is 5.21. The van der Waals surface area contributed by atoms with E-state index < -0.39 is 5.60 Å². The molecule has 7 rings (SSSR count). The minimum absolute atomic E-state index is 0.000954. The summed E-state index contributed by atoms with van der Waals surface area (Å²) in [6.07, 6.45) is 7.38. The Morgan fingerprint density at radius 1 is 1.02 bits per heavy atom. The summed E-state index contributed by atoms with van der Waals surface area (Å²) in [6, 6.07) is 16.3. The van der Waals surface area contributed by atoms with Crippen LogP contribution in [0, 0.1) is 24.6 Å². The van der Waals surface area contributed by atoms with Crippen molar-refractivity contribution in [1.29, 1.82) is 0 Å². The Morgan fingerprint density at radius 2 is 1.77 bits per heavy atom. The molecule has 1 saturated carbocycles. The Balaban J connectivity index is 1.56. The maximum atomic E-state index is 15.8. The van der Waals surface area contributed by atoms with Crippen LogP contribution in [0.4, 0.5) is 4.39 Å². The fourth-order valence-electron chi connectivity index (χ4n) is 6.88. The van der Waals surface area contributed by atoms with Crippen molar-refractivity contribution in [2.24, 2.45) is 18.9 Å². The highest BCUT2D eigenvalue weighted by Gasteiger charge is 2.43. The first-order valence-corrected chi connectivity index (χ1v) is 14.3. The number of aryl methyl sites for hydroxylation is 2. The van der Waals surface area contributed by atoms with Crippen LogP contribution in [-0.4, -0.2) is 37.4 Å². The van der Waals surface area contributed by atoms with E-state index in [0.717, 1.165) is 77.8 Å². The molecule has 206 valence electrons. The Hall–Kier alpha value is -3.55. The maximum Gasteiger partial charge on any atom is 0.130 e. The number of halogens is 1. The number of aromatic nitrogens is 4. The van der Waals surface area contributed by atoms with Crippen LogP contribution in [0.1, 0.15) is 55.5 Å². The topological polar surface area (TPSA) is 65.1 Å². The van der Waals surface area contributed by atoms with Crippen molar-refractivity contribution in [3.05, 3.63) is 83.7 Å². The van der Waals surface area contributed by atoms with Crippen molar-refractivity contribution in [2.75, 3.05) is 13.2 Å². The lowest BCUT2D eigenvalue weighted by atomic mass is 9.86. The molecule has 2 aromatic carbocycles. The van der Waals surface area contributed by atoms with Gasteiger partial charge in [0, 0.05) is 43.0 Å². The van der Waals surface area contributed by atoms with Crippen molar-refractivity contribution >= 4 is 21.9 Å². The molecular formula is C33H35FN4O2. The number of hydrogen-bond donors (Lipinski definition) is 1. The van der Waals surface area contributed by atoms with Gasteiger partial charge in [0.05, 0.1) is 45.9 Å². The Bertz CT molecular complexity index is 1690. The van der Waals surface area contributed by atoms with E-state index in [1.54, 1.807) is 13.0 Å². The molecular weight excluding hydrogens is 503 g/mol. The molecule has 0 amide bonds. The second-order valence-corrected chi connectivity index (χ2v) is 11.8. The largest absolute Gasteiger partial charge is 0.385 e. The Labute approximate surface area is 233 Å². The molecule has 0 spiro atoms. The van der Waals surface area contributed by atoms with Gasteiger partial charge in [-0.1, -0.05) is 30.3 Å². The first-order chi connectivity index (χ1) is 19.3. The van der Waals surface area contributed by atoms with E-state index in [1.807, 2.05) is 43.2 Å². The predicted octanol–water partition coefficient (Wildman–Crippen LogP) is 6.67. The van der Waals surface area contributed by atoms with Crippen LogP contribution in [0.3, 0.4) is 0 Å². The smallest absolute Gasteiger partial charge is 0.130 e. The molecule has 3 aromatic heterocycles. The van der Waals surface area contributed by atoms with E-state index in [-0.39, 0.29) is 17.8 Å². The van der Waals surface area contributed by atoms with Gasteiger partial charge in [0.15, 0.2) is 0 Å². The zero-order valence-corrected chi connectivity index (χ0v) is 23.3. The van der Waals surface area contributed by atoms with Crippen LogP contribution >= 0.6 is 0 Å². The lowest BCUT2D eigenvalue weighted by molar-refractivity contribution is 0.0296. The van der Waals surface area contributed by atoms with Gasteiger partial charge in [0.1, 0.15) is 5.82 Å². The number of pyridine rings is 1. The Kier molecular flexibility index (Phi) is 6.06. The molecule has 1 saturated heterocycles. The first kappa shape index (κ1) is 25.4. The van der Waals surface area contributed by atoms with Crippen LogP contribution in [0.2, 0.25) is 0 Å². The second kappa shape index (κ2) is 9.53. The van der Waals surface area contributed by atoms with Gasteiger partial charge in [-0.3, -0.25) is 4.98 Å². The number of ether oxygens (including phenoxy) is 1.